The highest BCUT2D eigenvalue weighted by molar-refractivity contribution is 6.93. The zero-order chi connectivity index (χ0) is 25.3. The topological polar surface area (TPSA) is 172 Å². The minimum atomic E-state index is -0.889. The van der Waals surface area contributed by atoms with Crippen LogP contribution in [0, 0.1) is 0 Å². The molecule has 0 aromatic rings. The van der Waals surface area contributed by atoms with Gasteiger partial charge >= 0.3 is 10.7 Å². The maximum absolute atomic E-state index is 10.7. The van der Waals surface area contributed by atoms with E-state index in [1.807, 2.05) is 0 Å². The van der Waals surface area contributed by atoms with Gasteiger partial charge in [0, 0.05) is 46.5 Å². The Hall–Kier alpha value is -2.12. The van der Waals surface area contributed by atoms with Gasteiger partial charge in [0.05, 0.1) is 0 Å². The van der Waals surface area contributed by atoms with E-state index in [4.69, 9.17) is 10.0 Å². The van der Waals surface area contributed by atoms with E-state index in [0.717, 1.165) is 6.92 Å². The Morgan fingerprint density at radius 2 is 0.857 bits per heavy atom. The number of hydrogen-bond acceptors (Lipinski definition) is 10. The van der Waals surface area contributed by atoms with Gasteiger partial charge in [0.2, 0.25) is 10.5 Å². The van der Waals surface area contributed by atoms with Crippen molar-refractivity contribution in [2.24, 2.45) is 0 Å². The lowest BCUT2D eigenvalue weighted by molar-refractivity contribution is -0.195. The molecule has 4 amide bonds. The van der Waals surface area contributed by atoms with Crippen LogP contribution in [0.2, 0.25) is 0 Å². The summed E-state index contributed by atoms with van der Waals surface area (Å²) in [5.41, 5.74) is 0. The van der Waals surface area contributed by atoms with Crippen molar-refractivity contribution in [2.75, 3.05) is 0 Å². The van der Waals surface area contributed by atoms with Gasteiger partial charge in [0.15, 0.2) is 0 Å². The maximum atomic E-state index is 10.7. The Kier molecular flexibility index (Phi) is 40.1. The van der Waals surface area contributed by atoms with Crippen molar-refractivity contribution in [1.82, 2.24) is 10.1 Å². The van der Waals surface area contributed by atoms with E-state index in [9.17, 15) is 33.6 Å². The molecule has 208 valence electrons. The number of hydroxylamine groups is 4. The summed E-state index contributed by atoms with van der Waals surface area (Å²) in [4.78, 5) is 84.0. The second-order valence-corrected chi connectivity index (χ2v) is 6.87. The fourth-order valence-corrected chi connectivity index (χ4v) is 1.35. The number of halogens is 4. The predicted octanol–water partition coefficient (Wildman–Crippen LogP) is 4.81. The van der Waals surface area contributed by atoms with Crippen LogP contribution in [0.4, 0.5) is 4.79 Å². The van der Waals surface area contributed by atoms with Crippen LogP contribution in [0.1, 0.15) is 76.2 Å². The molecule has 2 fully saturated rings. The Morgan fingerprint density at radius 3 is 1.00 bits per heavy atom. The van der Waals surface area contributed by atoms with Crippen LogP contribution in [-0.2, 0) is 38.4 Å². The van der Waals surface area contributed by atoms with Crippen LogP contribution < -0.4 is 0 Å². The number of nitrogens with zero attached hydrogens (tertiary/aromatic N) is 2. The lowest BCUT2D eigenvalue weighted by Crippen LogP contribution is -2.30. The molecule has 0 aromatic heterocycles. The molecule has 2 aliphatic heterocycles. The number of carbonyl (C=O) groups excluding carboxylic acids is 8. The molecule has 0 aromatic carbocycles. The number of imide groups is 2. The molecular weight excluding hydrogens is 558 g/mol. The molecule has 0 bridgehead atoms. The van der Waals surface area contributed by atoms with Crippen LogP contribution in [0.25, 0.3) is 0 Å². The van der Waals surface area contributed by atoms with Crippen LogP contribution >= 0.6 is 46.4 Å². The summed E-state index contributed by atoms with van der Waals surface area (Å²) < 4.78 is -0.889. The second kappa shape index (κ2) is 28.1. The van der Waals surface area contributed by atoms with E-state index in [-0.39, 0.29) is 70.9 Å². The highest BCUT2D eigenvalue weighted by Crippen LogP contribution is 2.11. The number of carbonyl (C=O) groups is 8. The molecule has 0 spiro atoms. The Morgan fingerprint density at radius 1 is 0.657 bits per heavy atom. The third kappa shape index (κ3) is 36.6. The van der Waals surface area contributed by atoms with Crippen LogP contribution in [-0.4, -0.2) is 60.1 Å². The Bertz CT molecular complexity index is 645. The average molecular weight is 592 g/mol. The van der Waals surface area contributed by atoms with Crippen molar-refractivity contribution in [3.63, 3.8) is 0 Å². The zero-order valence-corrected chi connectivity index (χ0v) is 19.4. The average Bonchev–Trinajstić information content (AvgIpc) is 3.04. The van der Waals surface area contributed by atoms with Crippen molar-refractivity contribution >= 4 is 91.2 Å². The van der Waals surface area contributed by atoms with E-state index >= 15 is 0 Å². The predicted molar refractivity (Wildman–Crippen MR) is 133 cm³/mol. The molecule has 16 heteroatoms. The standard InChI is InChI=1S/C6H7NO4.C4H5NO3.2C2H3ClO.CCl2O.4CH4/c1-4(8)11-7-5(9)2-3-6(7)10;6-3-1-2-4(7)5(3)8;2*1-2(3)4;2-1(3)4;;;;/h2-3H2,1H3;8H,1-2H2;2*1H3;;4*1H4. The molecule has 2 saturated heterocycles. The molecule has 0 saturated carbocycles. The molecule has 2 heterocycles. The van der Waals surface area contributed by atoms with Crippen LogP contribution in [0.3, 0.4) is 0 Å². The summed E-state index contributed by atoms with van der Waals surface area (Å²) in [5, 5.41) is 8.36. The van der Waals surface area contributed by atoms with Crippen LogP contribution in [0.5, 0.6) is 0 Å². The van der Waals surface area contributed by atoms with Crippen molar-refractivity contribution in [2.45, 2.75) is 76.2 Å². The quantitative estimate of drug-likeness (QED) is 0.253. The minimum Gasteiger partial charge on any atom is -0.331 e. The first-order chi connectivity index (χ1) is 14.0. The van der Waals surface area contributed by atoms with Crippen LogP contribution in [0.15, 0.2) is 0 Å². The molecule has 2 aliphatic rings. The fourth-order valence-electron chi connectivity index (χ4n) is 1.35. The van der Waals surface area contributed by atoms with Crippen molar-refractivity contribution in [3.05, 3.63) is 0 Å². The SMILES string of the molecule is C.C.C.C.CC(=O)Cl.CC(=O)Cl.CC(=O)ON1C(=O)CCC1=O.O=C(Cl)Cl.O=C1CCC(=O)N1O. The first-order valence-electron chi connectivity index (χ1n) is 7.78. The summed E-state index contributed by atoms with van der Waals surface area (Å²) in [6.07, 6.45) is 0.558. The lowest BCUT2D eigenvalue weighted by Gasteiger charge is -2.09. The summed E-state index contributed by atoms with van der Waals surface area (Å²) in [7, 11) is 0. The third-order valence-corrected chi connectivity index (χ3v) is 2.25. The molecule has 12 nitrogen and oxygen atoms in total. The zero-order valence-electron chi connectivity index (χ0n) is 16.4. The largest absolute Gasteiger partial charge is 0.331 e. The van der Waals surface area contributed by atoms with E-state index < -0.39 is 34.3 Å². The first kappa shape index (κ1) is 49.9. The Labute approximate surface area is 225 Å². The van der Waals surface area contributed by atoms with Gasteiger partial charge in [-0.3, -0.25) is 38.8 Å². The third-order valence-electron chi connectivity index (χ3n) is 2.25. The second-order valence-electron chi connectivity index (χ2n) is 4.93. The summed E-state index contributed by atoms with van der Waals surface area (Å²) in [6, 6.07) is 0. The summed E-state index contributed by atoms with van der Waals surface area (Å²) in [6.45, 7) is 3.72. The Balaban J connectivity index is -0.0000000585. The molecule has 0 radical (unpaired) electrons. The van der Waals surface area contributed by atoms with Gasteiger partial charge in [0.1, 0.15) is 0 Å². The summed E-state index contributed by atoms with van der Waals surface area (Å²) >= 11 is 18.1. The number of rotatable bonds is 1. The molecule has 2 rings (SSSR count). The molecular formula is C19H34Cl4N2O10. The lowest BCUT2D eigenvalue weighted by atomic mass is 10.4. The monoisotopic (exact) mass is 590 g/mol. The number of amides is 4. The maximum Gasteiger partial charge on any atom is 0.330 e. The van der Waals surface area contributed by atoms with E-state index in [2.05, 4.69) is 51.2 Å². The molecule has 35 heavy (non-hydrogen) atoms. The van der Waals surface area contributed by atoms with Crippen molar-refractivity contribution in [1.29, 1.82) is 0 Å². The smallest absolute Gasteiger partial charge is 0.330 e. The van der Waals surface area contributed by atoms with Gasteiger partial charge in [-0.1, -0.05) is 29.7 Å². The number of hydrogen-bond donors (Lipinski definition) is 1. The normalized spacial score (nSPS) is 12.3. The van der Waals surface area contributed by atoms with Gasteiger partial charge < -0.3 is 4.84 Å². The highest BCUT2D eigenvalue weighted by Gasteiger charge is 2.31. The highest BCUT2D eigenvalue weighted by atomic mass is 35.5. The minimum absolute atomic E-state index is 0. The molecule has 0 aliphatic carbocycles. The van der Waals surface area contributed by atoms with Gasteiger partial charge in [0.25, 0.3) is 23.6 Å². The van der Waals surface area contributed by atoms with Gasteiger partial charge in [-0.2, -0.15) is 5.06 Å². The van der Waals surface area contributed by atoms with Crippen molar-refractivity contribution in [3.8, 4) is 0 Å². The molecule has 0 unspecified atom stereocenters. The van der Waals surface area contributed by atoms with Crippen molar-refractivity contribution < 1.29 is 48.4 Å². The van der Waals surface area contributed by atoms with Gasteiger partial charge in [-0.05, 0) is 46.4 Å². The first-order valence-corrected chi connectivity index (χ1v) is 9.30. The van der Waals surface area contributed by atoms with Gasteiger partial charge in [-0.25, -0.2) is 4.79 Å². The molecule has 0 atom stereocenters. The fraction of sp³-hybridized carbons (Fsp3) is 0.579. The van der Waals surface area contributed by atoms with E-state index in [1.54, 1.807) is 0 Å². The van der Waals surface area contributed by atoms with E-state index in [0.29, 0.717) is 5.06 Å². The van der Waals surface area contributed by atoms with E-state index in [1.165, 1.54) is 13.8 Å². The summed E-state index contributed by atoms with van der Waals surface area (Å²) in [5.74, 6) is -2.57. The van der Waals surface area contributed by atoms with Gasteiger partial charge in [-0.15, -0.1) is 5.06 Å². The molecule has 1 N–H and O–H groups in total.